The van der Waals surface area contributed by atoms with Crippen molar-refractivity contribution in [3.8, 4) is 0 Å². The lowest BCUT2D eigenvalue weighted by molar-refractivity contribution is -0.147. The zero-order chi connectivity index (χ0) is 24.2. The fraction of sp³-hybridized carbons (Fsp3) is 0.773. The van der Waals surface area contributed by atoms with E-state index >= 15 is 0 Å². The monoisotopic (exact) mass is 491 g/mol. The summed E-state index contributed by atoms with van der Waals surface area (Å²) in [5.74, 6) is 2.30. The number of hydrogen-bond donors (Lipinski definition) is 1. The predicted molar refractivity (Wildman–Crippen MR) is 115 cm³/mol. The standard InChI is InChI=1S/C22H28F3N9O/c1-31-15(27-30-18(31)22(23,24)25)6-32-7-21(8-32)11-34(12-21)19(35)33-9-20(10-33)4-14(5-20)17-26-16(28-29-17)13-2-3-13/h13-14H,2-12H2,1H3,(H,26,28,29). The second-order valence-electron chi connectivity index (χ2n) is 11.6. The fourth-order valence-electron chi connectivity index (χ4n) is 6.59. The van der Waals surface area contributed by atoms with Crippen LogP contribution in [0.1, 0.15) is 60.8 Å². The van der Waals surface area contributed by atoms with E-state index < -0.39 is 12.0 Å². The molecule has 13 heteroatoms. The van der Waals surface area contributed by atoms with Gasteiger partial charge in [0.25, 0.3) is 0 Å². The van der Waals surface area contributed by atoms with Crippen LogP contribution in [0, 0.1) is 10.8 Å². The molecule has 3 aliphatic heterocycles. The Morgan fingerprint density at radius 1 is 1.00 bits per heavy atom. The highest BCUT2D eigenvalue weighted by molar-refractivity contribution is 5.77. The Morgan fingerprint density at radius 2 is 1.66 bits per heavy atom. The molecule has 7 rings (SSSR count). The van der Waals surface area contributed by atoms with Gasteiger partial charge < -0.3 is 14.4 Å². The van der Waals surface area contributed by atoms with E-state index in [1.807, 2.05) is 9.80 Å². The Morgan fingerprint density at radius 3 is 2.26 bits per heavy atom. The SMILES string of the molecule is Cn1c(CN2CC3(C2)CN(C(=O)N2CC4(CC(c5n[nH]c(C6CC6)n5)C4)C2)C3)nnc1C(F)(F)F. The molecular formula is C22H28F3N9O. The van der Waals surface area contributed by atoms with E-state index in [0.29, 0.717) is 37.3 Å². The van der Waals surface area contributed by atoms with Crippen LogP contribution >= 0.6 is 0 Å². The number of halogens is 3. The van der Waals surface area contributed by atoms with Gasteiger partial charge in [-0.15, -0.1) is 10.2 Å². The predicted octanol–water partition coefficient (Wildman–Crippen LogP) is 1.95. The fourth-order valence-corrected chi connectivity index (χ4v) is 6.59. The Kier molecular flexibility index (Phi) is 4.28. The molecule has 5 heterocycles. The molecule has 2 aliphatic carbocycles. The maximum atomic E-state index is 12.9. The van der Waals surface area contributed by atoms with Gasteiger partial charge in [0, 0.05) is 69.0 Å². The lowest BCUT2D eigenvalue weighted by Gasteiger charge is -2.63. The van der Waals surface area contributed by atoms with Crippen LogP contribution in [-0.4, -0.2) is 89.9 Å². The minimum atomic E-state index is -4.50. The first-order valence-corrected chi connectivity index (χ1v) is 12.3. The van der Waals surface area contributed by atoms with Crippen molar-refractivity contribution in [3.05, 3.63) is 23.3 Å². The van der Waals surface area contributed by atoms with E-state index in [4.69, 9.17) is 0 Å². The molecule has 3 saturated heterocycles. The van der Waals surface area contributed by atoms with Crippen LogP contribution in [0.15, 0.2) is 0 Å². The number of aromatic amines is 1. The Labute approximate surface area is 199 Å². The van der Waals surface area contributed by atoms with E-state index in [-0.39, 0.29) is 16.9 Å². The maximum Gasteiger partial charge on any atom is 0.451 e. The average Bonchev–Trinajstić information content (AvgIpc) is 3.29. The van der Waals surface area contributed by atoms with Gasteiger partial charge in [-0.1, -0.05) is 0 Å². The van der Waals surface area contributed by atoms with Crippen LogP contribution in [0.25, 0.3) is 0 Å². The van der Waals surface area contributed by atoms with Crippen molar-refractivity contribution in [3.63, 3.8) is 0 Å². The minimum absolute atomic E-state index is 0.0656. The van der Waals surface area contributed by atoms with Gasteiger partial charge in [-0.3, -0.25) is 10.00 Å². The summed E-state index contributed by atoms with van der Waals surface area (Å²) in [6.07, 6.45) is 0.0166. The Hall–Kier alpha value is -2.70. The molecular weight excluding hydrogens is 463 g/mol. The van der Waals surface area contributed by atoms with Crippen molar-refractivity contribution in [2.45, 2.75) is 50.2 Å². The van der Waals surface area contributed by atoms with Crippen molar-refractivity contribution >= 4 is 6.03 Å². The number of carbonyl (C=O) groups is 1. The summed E-state index contributed by atoms with van der Waals surface area (Å²) < 4.78 is 39.8. The highest BCUT2D eigenvalue weighted by Gasteiger charge is 2.58. The van der Waals surface area contributed by atoms with Crippen LogP contribution < -0.4 is 0 Å². The highest BCUT2D eigenvalue weighted by Crippen LogP contribution is 2.56. The first-order valence-electron chi connectivity index (χ1n) is 12.3. The lowest BCUT2D eigenvalue weighted by atomic mass is 9.57. The summed E-state index contributed by atoms with van der Waals surface area (Å²) in [5.41, 5.74) is 0.304. The molecule has 0 unspecified atom stereocenters. The number of nitrogens with zero attached hydrogens (tertiary/aromatic N) is 8. The molecule has 188 valence electrons. The van der Waals surface area contributed by atoms with Gasteiger partial charge in [-0.25, -0.2) is 9.78 Å². The number of urea groups is 1. The summed E-state index contributed by atoms with van der Waals surface area (Å²) in [7, 11) is 1.35. The van der Waals surface area contributed by atoms with Crippen LogP contribution in [0.3, 0.4) is 0 Å². The van der Waals surface area contributed by atoms with Gasteiger partial charge in [-0.2, -0.15) is 18.3 Å². The molecule has 0 aromatic carbocycles. The zero-order valence-electron chi connectivity index (χ0n) is 19.6. The van der Waals surface area contributed by atoms with Gasteiger partial charge in [0.05, 0.1) is 6.54 Å². The highest BCUT2D eigenvalue weighted by atomic mass is 19.4. The molecule has 0 atom stereocenters. The number of nitrogens with one attached hydrogen (secondary N) is 1. The topological polar surface area (TPSA) is 99.1 Å². The lowest BCUT2D eigenvalue weighted by Crippen LogP contribution is -2.75. The van der Waals surface area contributed by atoms with E-state index in [2.05, 4.69) is 30.3 Å². The van der Waals surface area contributed by atoms with Gasteiger partial charge in [-0.05, 0) is 25.7 Å². The van der Waals surface area contributed by atoms with Gasteiger partial charge in [0.2, 0.25) is 5.82 Å². The third-order valence-corrected chi connectivity index (χ3v) is 8.56. The third kappa shape index (κ3) is 3.45. The summed E-state index contributed by atoms with van der Waals surface area (Å²) in [5, 5.41) is 14.5. The van der Waals surface area contributed by atoms with Crippen LogP contribution in [0.2, 0.25) is 0 Å². The van der Waals surface area contributed by atoms with Crippen LogP contribution in [0.5, 0.6) is 0 Å². The van der Waals surface area contributed by atoms with E-state index in [1.54, 1.807) is 0 Å². The Bertz CT molecular complexity index is 1160. The number of likely N-dealkylation sites (tertiary alicyclic amines) is 3. The van der Waals surface area contributed by atoms with Crippen molar-refractivity contribution in [2.24, 2.45) is 17.9 Å². The minimum Gasteiger partial charge on any atom is -0.323 e. The first kappa shape index (κ1) is 21.6. The summed E-state index contributed by atoms with van der Waals surface area (Å²) in [6.45, 7) is 4.89. The van der Waals surface area contributed by atoms with Gasteiger partial charge in [0.1, 0.15) is 11.6 Å². The molecule has 10 nitrogen and oxygen atoms in total. The molecule has 2 spiro atoms. The number of rotatable bonds is 4. The number of amides is 2. The van der Waals surface area contributed by atoms with Crippen LogP contribution in [0.4, 0.5) is 18.0 Å². The summed E-state index contributed by atoms with van der Waals surface area (Å²) in [6, 6.07) is 0.111. The van der Waals surface area contributed by atoms with E-state index in [0.717, 1.165) is 55.2 Å². The summed E-state index contributed by atoms with van der Waals surface area (Å²) in [4.78, 5) is 23.5. The smallest absolute Gasteiger partial charge is 0.323 e. The number of carbonyl (C=O) groups excluding carboxylic acids is 1. The van der Waals surface area contributed by atoms with E-state index in [1.165, 1.54) is 19.9 Å². The van der Waals surface area contributed by atoms with Crippen molar-refractivity contribution in [1.82, 2.24) is 44.6 Å². The number of aromatic nitrogens is 6. The molecule has 2 saturated carbocycles. The van der Waals surface area contributed by atoms with Gasteiger partial charge in [0.15, 0.2) is 5.82 Å². The van der Waals surface area contributed by atoms with Crippen molar-refractivity contribution < 1.29 is 18.0 Å². The molecule has 2 aromatic rings. The number of H-pyrrole nitrogens is 1. The molecule has 0 bridgehead atoms. The molecule has 1 N–H and O–H groups in total. The second kappa shape index (κ2) is 6.95. The third-order valence-electron chi connectivity index (χ3n) is 8.56. The largest absolute Gasteiger partial charge is 0.451 e. The average molecular weight is 492 g/mol. The summed E-state index contributed by atoms with van der Waals surface area (Å²) >= 11 is 0. The molecule has 5 aliphatic rings. The molecule has 2 aromatic heterocycles. The maximum absolute atomic E-state index is 12.9. The normalized spacial score (nSPS) is 25.4. The zero-order valence-corrected chi connectivity index (χ0v) is 19.6. The Balaban J connectivity index is 0.853. The molecule has 0 radical (unpaired) electrons. The molecule has 35 heavy (non-hydrogen) atoms. The number of alkyl halides is 3. The number of hydrogen-bond acceptors (Lipinski definition) is 6. The van der Waals surface area contributed by atoms with Crippen LogP contribution in [-0.2, 0) is 19.8 Å². The van der Waals surface area contributed by atoms with Crippen molar-refractivity contribution in [1.29, 1.82) is 0 Å². The molecule has 2 amide bonds. The molecule has 5 fully saturated rings. The van der Waals surface area contributed by atoms with Gasteiger partial charge >= 0.3 is 12.2 Å². The first-order chi connectivity index (χ1) is 16.6. The van der Waals surface area contributed by atoms with Crippen molar-refractivity contribution in [2.75, 3.05) is 39.3 Å². The van der Waals surface area contributed by atoms with E-state index in [9.17, 15) is 18.0 Å². The second-order valence-corrected chi connectivity index (χ2v) is 11.6. The quantitative estimate of drug-likeness (QED) is 0.702.